The van der Waals surface area contributed by atoms with E-state index in [1.807, 2.05) is 11.3 Å². The molecule has 1 N–H and O–H groups in total. The summed E-state index contributed by atoms with van der Waals surface area (Å²) >= 11 is 7.42. The minimum Gasteiger partial charge on any atom is -0.305 e. The molecule has 2 unspecified atom stereocenters. The van der Waals surface area contributed by atoms with Crippen molar-refractivity contribution in [1.29, 1.82) is 0 Å². The lowest BCUT2D eigenvalue weighted by molar-refractivity contribution is 0.470. The third-order valence-corrected chi connectivity index (χ3v) is 5.48. The molecule has 1 nitrogen and oxygen atoms in total. The second-order valence-electron chi connectivity index (χ2n) is 3.53. The van der Waals surface area contributed by atoms with Gasteiger partial charge >= 0.3 is 0 Å². The van der Waals surface area contributed by atoms with Crippen molar-refractivity contribution >= 4 is 39.0 Å². The fraction of sp³-hybridized carbons (Fsp3) is 0.600. The van der Waals surface area contributed by atoms with Gasteiger partial charge in [0.2, 0.25) is 0 Å². The van der Waals surface area contributed by atoms with Crippen LogP contribution in [-0.2, 0) is 0 Å². The highest BCUT2D eigenvalue weighted by Crippen LogP contribution is 2.31. The van der Waals surface area contributed by atoms with E-state index < -0.39 is 0 Å². The molecule has 1 aliphatic rings. The van der Waals surface area contributed by atoms with Crippen LogP contribution in [0.4, 0.5) is 0 Å². The Kier molecular flexibility index (Phi) is 3.93. The van der Waals surface area contributed by atoms with Gasteiger partial charge in [-0.25, -0.2) is 0 Å². The summed E-state index contributed by atoms with van der Waals surface area (Å²) in [6.45, 7) is 2.25. The van der Waals surface area contributed by atoms with Gasteiger partial charge < -0.3 is 5.32 Å². The zero-order valence-electron chi connectivity index (χ0n) is 8.13. The first-order chi connectivity index (χ1) is 6.79. The van der Waals surface area contributed by atoms with Gasteiger partial charge in [-0.2, -0.15) is 11.8 Å². The first-order valence-corrected chi connectivity index (χ1v) is 7.70. The predicted molar refractivity (Wildman–Crippen MR) is 69.3 cm³/mol. The van der Waals surface area contributed by atoms with Gasteiger partial charge in [-0.05, 0) is 28.4 Å². The molecule has 0 aliphatic carbocycles. The standard InChI is InChI=1S/C10H14BrNS2/c1-2-8-5-13-6-9(12-8)10-3-7(11)4-14-10/h3-4,8-9,12H,2,5-6H2,1H3. The highest BCUT2D eigenvalue weighted by atomic mass is 79.9. The van der Waals surface area contributed by atoms with Gasteiger partial charge in [0.05, 0.1) is 6.04 Å². The van der Waals surface area contributed by atoms with Crippen molar-refractivity contribution in [1.82, 2.24) is 5.32 Å². The van der Waals surface area contributed by atoms with Crippen LogP contribution in [0.25, 0.3) is 0 Å². The average molecular weight is 292 g/mol. The fourth-order valence-corrected chi connectivity index (χ4v) is 4.50. The van der Waals surface area contributed by atoms with Crippen LogP contribution in [0.5, 0.6) is 0 Å². The SMILES string of the molecule is CCC1CSCC(c2cc(Br)cs2)N1. The minimum absolute atomic E-state index is 0.565. The fourth-order valence-electron chi connectivity index (χ4n) is 1.62. The molecule has 1 aliphatic heterocycles. The Labute approximate surface area is 102 Å². The van der Waals surface area contributed by atoms with Gasteiger partial charge in [0.15, 0.2) is 0 Å². The van der Waals surface area contributed by atoms with Crippen LogP contribution in [0.15, 0.2) is 15.9 Å². The predicted octanol–water partition coefficient (Wildman–Crippen LogP) is 3.67. The molecule has 0 radical (unpaired) electrons. The Morgan fingerprint density at radius 1 is 1.57 bits per heavy atom. The lowest BCUT2D eigenvalue weighted by Crippen LogP contribution is -2.39. The van der Waals surface area contributed by atoms with Crippen LogP contribution in [-0.4, -0.2) is 17.5 Å². The summed E-state index contributed by atoms with van der Waals surface area (Å²) in [5.41, 5.74) is 0. The Balaban J connectivity index is 2.04. The number of nitrogens with one attached hydrogen (secondary N) is 1. The molecule has 4 heteroatoms. The van der Waals surface area contributed by atoms with Gasteiger partial charge in [0.1, 0.15) is 0 Å². The van der Waals surface area contributed by atoms with E-state index in [9.17, 15) is 0 Å². The maximum absolute atomic E-state index is 3.70. The van der Waals surface area contributed by atoms with Crippen LogP contribution in [0.3, 0.4) is 0 Å². The summed E-state index contributed by atoms with van der Waals surface area (Å²) in [4.78, 5) is 1.46. The maximum atomic E-state index is 3.70. The highest BCUT2D eigenvalue weighted by molar-refractivity contribution is 9.10. The van der Waals surface area contributed by atoms with Crippen molar-refractivity contribution in [3.63, 3.8) is 0 Å². The monoisotopic (exact) mass is 291 g/mol. The van der Waals surface area contributed by atoms with Crippen molar-refractivity contribution in [3.05, 3.63) is 20.8 Å². The number of thioether (sulfide) groups is 1. The maximum Gasteiger partial charge on any atom is 0.0509 e. The van der Waals surface area contributed by atoms with Crippen LogP contribution >= 0.6 is 39.0 Å². The smallest absolute Gasteiger partial charge is 0.0509 e. The van der Waals surface area contributed by atoms with Gasteiger partial charge in [0, 0.05) is 32.3 Å². The van der Waals surface area contributed by atoms with Crippen LogP contribution < -0.4 is 5.32 Å². The van der Waals surface area contributed by atoms with Crippen molar-refractivity contribution in [3.8, 4) is 0 Å². The third-order valence-electron chi connectivity index (χ3n) is 2.46. The first-order valence-electron chi connectivity index (χ1n) is 4.87. The van der Waals surface area contributed by atoms with E-state index in [-0.39, 0.29) is 0 Å². The van der Waals surface area contributed by atoms with Crippen molar-refractivity contribution in [2.45, 2.75) is 25.4 Å². The summed E-state index contributed by atoms with van der Waals surface area (Å²) in [7, 11) is 0. The summed E-state index contributed by atoms with van der Waals surface area (Å²) in [6, 6.07) is 3.50. The molecule has 1 aromatic rings. The highest BCUT2D eigenvalue weighted by Gasteiger charge is 2.22. The lowest BCUT2D eigenvalue weighted by atomic mass is 10.2. The molecule has 0 aromatic carbocycles. The molecule has 0 spiro atoms. The number of thiophene rings is 1. The van der Waals surface area contributed by atoms with Crippen molar-refractivity contribution < 1.29 is 0 Å². The zero-order valence-corrected chi connectivity index (χ0v) is 11.3. The van der Waals surface area contributed by atoms with E-state index in [0.717, 1.165) is 0 Å². The number of halogens is 1. The molecule has 1 fully saturated rings. The lowest BCUT2D eigenvalue weighted by Gasteiger charge is -2.29. The summed E-state index contributed by atoms with van der Waals surface area (Å²) in [5.74, 6) is 2.48. The summed E-state index contributed by atoms with van der Waals surface area (Å²) in [6.07, 6.45) is 1.23. The zero-order chi connectivity index (χ0) is 9.97. The molecule has 0 saturated carbocycles. The quantitative estimate of drug-likeness (QED) is 0.892. The molecule has 2 atom stereocenters. The number of hydrogen-bond acceptors (Lipinski definition) is 3. The van der Waals surface area contributed by atoms with Gasteiger partial charge in [-0.15, -0.1) is 11.3 Å². The summed E-state index contributed by atoms with van der Waals surface area (Å²) in [5, 5.41) is 5.87. The number of hydrogen-bond donors (Lipinski definition) is 1. The molecule has 0 amide bonds. The molecule has 2 rings (SSSR count). The molecular weight excluding hydrogens is 278 g/mol. The normalized spacial score (nSPS) is 27.9. The molecule has 0 bridgehead atoms. The van der Waals surface area contributed by atoms with Gasteiger partial charge in [-0.3, -0.25) is 0 Å². The van der Waals surface area contributed by atoms with Crippen molar-refractivity contribution in [2.24, 2.45) is 0 Å². The third kappa shape index (κ3) is 2.54. The molecule has 78 valence electrons. The van der Waals surface area contributed by atoms with Gasteiger partial charge in [-0.1, -0.05) is 6.92 Å². The largest absolute Gasteiger partial charge is 0.305 e. The van der Waals surface area contributed by atoms with Crippen LogP contribution in [0.1, 0.15) is 24.3 Å². The molecular formula is C10H14BrNS2. The molecule has 1 saturated heterocycles. The Bertz CT molecular complexity index is 300. The minimum atomic E-state index is 0.565. The van der Waals surface area contributed by atoms with E-state index in [1.165, 1.54) is 27.3 Å². The van der Waals surface area contributed by atoms with E-state index in [4.69, 9.17) is 0 Å². The van der Waals surface area contributed by atoms with Crippen LogP contribution in [0, 0.1) is 0 Å². The van der Waals surface area contributed by atoms with Gasteiger partial charge in [0.25, 0.3) is 0 Å². The van der Waals surface area contributed by atoms with Crippen molar-refractivity contribution in [2.75, 3.05) is 11.5 Å². The topological polar surface area (TPSA) is 12.0 Å². The molecule has 1 aromatic heterocycles. The molecule has 2 heterocycles. The second kappa shape index (κ2) is 5.01. The van der Waals surface area contributed by atoms with E-state index >= 15 is 0 Å². The second-order valence-corrected chi connectivity index (χ2v) is 6.46. The first kappa shape index (κ1) is 11.0. The summed E-state index contributed by atoms with van der Waals surface area (Å²) < 4.78 is 1.21. The van der Waals surface area contributed by atoms with E-state index in [1.54, 1.807) is 0 Å². The van der Waals surface area contributed by atoms with E-state index in [0.29, 0.717) is 12.1 Å². The molecule has 14 heavy (non-hydrogen) atoms. The Morgan fingerprint density at radius 3 is 3.07 bits per heavy atom. The van der Waals surface area contributed by atoms with E-state index in [2.05, 4.69) is 51.4 Å². The Morgan fingerprint density at radius 2 is 2.43 bits per heavy atom. The number of rotatable bonds is 2. The Hall–Kier alpha value is 0.490. The van der Waals surface area contributed by atoms with Crippen LogP contribution in [0.2, 0.25) is 0 Å². The average Bonchev–Trinajstić information content (AvgIpc) is 2.65.